The first-order chi connectivity index (χ1) is 9.65. The fourth-order valence-electron chi connectivity index (χ4n) is 2.04. The Bertz CT molecular complexity index is 817. The lowest BCUT2D eigenvalue weighted by Crippen LogP contribution is -1.98. The Morgan fingerprint density at radius 3 is 2.80 bits per heavy atom. The van der Waals surface area contributed by atoms with Crippen LogP contribution in [0.3, 0.4) is 0 Å². The maximum atomic E-state index is 11.1. The lowest BCUT2D eigenvalue weighted by atomic mass is 10.1. The van der Waals surface area contributed by atoms with E-state index >= 15 is 0 Å². The summed E-state index contributed by atoms with van der Waals surface area (Å²) in [5.74, 6) is 0.242. The molecule has 20 heavy (non-hydrogen) atoms. The maximum Gasteiger partial charge on any atom is 0.295 e. The molecule has 0 aliphatic carbocycles. The van der Waals surface area contributed by atoms with Gasteiger partial charge in [0.2, 0.25) is 0 Å². The number of benzene rings is 1. The van der Waals surface area contributed by atoms with Crippen LogP contribution in [0.4, 0.5) is 11.5 Å². The molecule has 3 rings (SSSR count). The van der Waals surface area contributed by atoms with Gasteiger partial charge in [-0.15, -0.1) is 0 Å². The minimum absolute atomic E-state index is 0.0746. The second-order valence-corrected chi connectivity index (χ2v) is 4.27. The fourth-order valence-corrected chi connectivity index (χ4v) is 2.04. The molecule has 3 aromatic rings. The summed E-state index contributed by atoms with van der Waals surface area (Å²) in [6.07, 6.45) is 1.67. The number of aromatic nitrogens is 2. The molecule has 0 amide bonds. The van der Waals surface area contributed by atoms with E-state index in [0.717, 1.165) is 10.9 Å². The molecule has 98 valence electrons. The lowest BCUT2D eigenvalue weighted by Gasteiger charge is -2.05. The number of fused-ring (bicyclic) bond motifs is 1. The van der Waals surface area contributed by atoms with Crippen molar-refractivity contribution in [3.05, 3.63) is 58.8 Å². The van der Waals surface area contributed by atoms with Gasteiger partial charge >= 0.3 is 0 Å². The topological polar surface area (TPSA) is 94.9 Å². The fraction of sp³-hybridized carbons (Fsp3) is 0. The zero-order valence-corrected chi connectivity index (χ0v) is 10.4. The summed E-state index contributed by atoms with van der Waals surface area (Å²) in [6.45, 7) is 0. The molecule has 0 spiro atoms. The molecule has 0 fully saturated rings. The van der Waals surface area contributed by atoms with E-state index < -0.39 is 4.92 Å². The standard InChI is InChI=1S/C14H10N4O2/c15-13-6-5-12(18(19)20)14(17-13)10-4-3-9-2-1-7-16-11(9)8-10/h1-8H,(H2,15,17). The van der Waals surface area contributed by atoms with Crippen LogP contribution in [0.5, 0.6) is 0 Å². The van der Waals surface area contributed by atoms with Crippen molar-refractivity contribution in [3.63, 3.8) is 0 Å². The summed E-state index contributed by atoms with van der Waals surface area (Å²) in [4.78, 5) is 18.9. The molecule has 6 heteroatoms. The van der Waals surface area contributed by atoms with E-state index in [9.17, 15) is 10.1 Å². The van der Waals surface area contributed by atoms with Gasteiger partial charge in [0, 0.05) is 23.2 Å². The van der Waals surface area contributed by atoms with Crippen LogP contribution in [0.1, 0.15) is 0 Å². The molecule has 0 saturated carbocycles. The molecule has 2 heterocycles. The predicted octanol–water partition coefficient (Wildman–Crippen LogP) is 2.79. The largest absolute Gasteiger partial charge is 0.384 e. The number of nitro groups is 1. The second kappa shape index (κ2) is 4.58. The van der Waals surface area contributed by atoms with Gasteiger partial charge in [0.25, 0.3) is 5.69 Å². The molecule has 0 aliphatic heterocycles. The molecule has 1 aromatic carbocycles. The number of hydrogen-bond donors (Lipinski definition) is 1. The van der Waals surface area contributed by atoms with E-state index in [4.69, 9.17) is 5.73 Å². The monoisotopic (exact) mass is 266 g/mol. The molecule has 0 atom stereocenters. The van der Waals surface area contributed by atoms with Crippen LogP contribution in [-0.2, 0) is 0 Å². The Kier molecular flexibility index (Phi) is 2.76. The van der Waals surface area contributed by atoms with Crippen LogP contribution in [-0.4, -0.2) is 14.9 Å². The second-order valence-electron chi connectivity index (χ2n) is 4.27. The zero-order chi connectivity index (χ0) is 14.1. The predicted molar refractivity (Wildman–Crippen MR) is 76.0 cm³/mol. The minimum atomic E-state index is -0.468. The summed E-state index contributed by atoms with van der Waals surface area (Å²) >= 11 is 0. The molecular formula is C14H10N4O2. The van der Waals surface area contributed by atoms with Gasteiger partial charge in [-0.1, -0.05) is 18.2 Å². The van der Waals surface area contributed by atoms with Gasteiger partial charge in [0.05, 0.1) is 10.4 Å². The van der Waals surface area contributed by atoms with Crippen molar-refractivity contribution in [2.45, 2.75) is 0 Å². The van der Waals surface area contributed by atoms with Gasteiger partial charge in [0.15, 0.2) is 5.69 Å². The third-order valence-corrected chi connectivity index (χ3v) is 2.97. The average Bonchev–Trinajstić information content (AvgIpc) is 2.46. The Morgan fingerprint density at radius 1 is 1.15 bits per heavy atom. The Labute approximate surface area is 114 Å². The molecule has 0 aliphatic rings. The van der Waals surface area contributed by atoms with Crippen LogP contribution in [0, 0.1) is 10.1 Å². The first-order valence-electron chi connectivity index (χ1n) is 5.91. The SMILES string of the molecule is Nc1ccc([N+](=O)[O-])c(-c2ccc3cccnc3c2)n1. The Balaban J connectivity index is 2.24. The lowest BCUT2D eigenvalue weighted by molar-refractivity contribution is -0.384. The summed E-state index contributed by atoms with van der Waals surface area (Å²) in [5, 5.41) is 12.0. The van der Waals surface area contributed by atoms with E-state index in [1.807, 2.05) is 18.2 Å². The van der Waals surface area contributed by atoms with E-state index in [1.165, 1.54) is 12.1 Å². The zero-order valence-electron chi connectivity index (χ0n) is 10.4. The highest BCUT2D eigenvalue weighted by atomic mass is 16.6. The van der Waals surface area contributed by atoms with Crippen LogP contribution < -0.4 is 5.73 Å². The first kappa shape index (κ1) is 12.0. The third kappa shape index (κ3) is 2.03. The number of nitrogens with two attached hydrogens (primary N) is 1. The number of nitrogen functional groups attached to an aromatic ring is 1. The van der Waals surface area contributed by atoms with Gasteiger partial charge in [-0.25, -0.2) is 4.98 Å². The van der Waals surface area contributed by atoms with Gasteiger partial charge in [-0.05, 0) is 18.2 Å². The molecule has 0 saturated heterocycles. The van der Waals surface area contributed by atoms with Crippen molar-refractivity contribution in [2.24, 2.45) is 0 Å². The van der Waals surface area contributed by atoms with E-state index in [1.54, 1.807) is 18.3 Å². The normalized spacial score (nSPS) is 10.6. The molecule has 6 nitrogen and oxygen atoms in total. The average molecular weight is 266 g/mol. The van der Waals surface area contributed by atoms with Crippen LogP contribution in [0.15, 0.2) is 48.7 Å². The van der Waals surface area contributed by atoms with E-state index in [2.05, 4.69) is 9.97 Å². The van der Waals surface area contributed by atoms with Crippen molar-refractivity contribution in [1.82, 2.24) is 9.97 Å². The summed E-state index contributed by atoms with van der Waals surface area (Å²) in [6, 6.07) is 11.9. The van der Waals surface area contributed by atoms with Gasteiger partial charge in [-0.2, -0.15) is 0 Å². The number of rotatable bonds is 2. The Hall–Kier alpha value is -3.02. The van der Waals surface area contributed by atoms with Crippen molar-refractivity contribution in [3.8, 4) is 11.3 Å². The molecular weight excluding hydrogens is 256 g/mol. The van der Waals surface area contributed by atoms with Crippen molar-refractivity contribution < 1.29 is 4.92 Å². The molecule has 2 aromatic heterocycles. The molecule has 0 bridgehead atoms. The summed E-state index contributed by atoms with van der Waals surface area (Å²) < 4.78 is 0. The Morgan fingerprint density at radius 2 is 2.00 bits per heavy atom. The third-order valence-electron chi connectivity index (χ3n) is 2.97. The van der Waals surface area contributed by atoms with Gasteiger partial charge in [-0.3, -0.25) is 15.1 Å². The number of pyridine rings is 2. The number of anilines is 1. The van der Waals surface area contributed by atoms with E-state index in [0.29, 0.717) is 5.56 Å². The van der Waals surface area contributed by atoms with Crippen molar-refractivity contribution in [2.75, 3.05) is 5.73 Å². The van der Waals surface area contributed by atoms with Crippen molar-refractivity contribution in [1.29, 1.82) is 0 Å². The molecule has 0 radical (unpaired) electrons. The highest BCUT2D eigenvalue weighted by molar-refractivity contribution is 5.85. The molecule has 2 N–H and O–H groups in total. The minimum Gasteiger partial charge on any atom is -0.384 e. The van der Waals surface area contributed by atoms with Gasteiger partial charge < -0.3 is 5.73 Å². The highest BCUT2D eigenvalue weighted by Gasteiger charge is 2.17. The quantitative estimate of drug-likeness (QED) is 0.568. The van der Waals surface area contributed by atoms with Crippen LogP contribution in [0.2, 0.25) is 0 Å². The van der Waals surface area contributed by atoms with Crippen LogP contribution >= 0.6 is 0 Å². The number of hydrogen-bond acceptors (Lipinski definition) is 5. The first-order valence-corrected chi connectivity index (χ1v) is 5.91. The van der Waals surface area contributed by atoms with Gasteiger partial charge in [0.1, 0.15) is 5.82 Å². The maximum absolute atomic E-state index is 11.1. The summed E-state index contributed by atoms with van der Waals surface area (Å²) in [7, 11) is 0. The number of nitrogens with zero attached hydrogens (tertiary/aromatic N) is 3. The summed E-state index contributed by atoms with van der Waals surface area (Å²) in [5.41, 5.74) is 7.18. The smallest absolute Gasteiger partial charge is 0.295 e. The van der Waals surface area contributed by atoms with Crippen LogP contribution in [0.25, 0.3) is 22.2 Å². The van der Waals surface area contributed by atoms with Crippen molar-refractivity contribution >= 4 is 22.4 Å². The molecule has 0 unspecified atom stereocenters. The highest BCUT2D eigenvalue weighted by Crippen LogP contribution is 2.30. The van der Waals surface area contributed by atoms with E-state index in [-0.39, 0.29) is 17.2 Å².